The van der Waals surface area contributed by atoms with Crippen LogP contribution in [0, 0.1) is 31.6 Å². The molecule has 2 heteroatoms. The van der Waals surface area contributed by atoms with Gasteiger partial charge in [-0.3, -0.25) is 0 Å². The zero-order chi connectivity index (χ0) is 15.6. The Hall–Kier alpha value is -1.31. The topological polar surface area (TPSA) is 26.3 Å². The third kappa shape index (κ3) is 3.87. The van der Waals surface area contributed by atoms with Crippen LogP contribution in [0.3, 0.4) is 0 Å². The van der Waals surface area contributed by atoms with Gasteiger partial charge in [0.25, 0.3) is 0 Å². The summed E-state index contributed by atoms with van der Waals surface area (Å²) in [6, 6.07) is 5.81. The number of ether oxygens (including phenoxy) is 1. The first kappa shape index (κ1) is 16.1. The Kier molecular flexibility index (Phi) is 5.08. The number of esters is 1. The van der Waals surface area contributed by atoms with Crippen LogP contribution in [0.25, 0.3) is 0 Å². The van der Waals surface area contributed by atoms with E-state index < -0.39 is 0 Å². The van der Waals surface area contributed by atoms with Gasteiger partial charge in [0.2, 0.25) is 0 Å². The lowest BCUT2D eigenvalue weighted by atomic mass is 9.75. The van der Waals surface area contributed by atoms with Gasteiger partial charge in [-0.25, -0.2) is 4.79 Å². The number of carbonyl (C=O) groups excluding carboxylic acids is 1. The van der Waals surface area contributed by atoms with Gasteiger partial charge >= 0.3 is 5.97 Å². The lowest BCUT2D eigenvalue weighted by Crippen LogP contribution is -2.35. The summed E-state index contributed by atoms with van der Waals surface area (Å²) in [5.74, 6) is 1.55. The molecule has 0 spiro atoms. The Morgan fingerprint density at radius 3 is 2.52 bits per heavy atom. The van der Waals surface area contributed by atoms with E-state index in [1.165, 1.54) is 18.4 Å². The molecule has 0 radical (unpaired) electrons. The van der Waals surface area contributed by atoms with Crippen molar-refractivity contribution in [2.45, 2.75) is 60.0 Å². The maximum atomic E-state index is 12.4. The minimum Gasteiger partial charge on any atom is -0.458 e. The smallest absolute Gasteiger partial charge is 0.338 e. The van der Waals surface area contributed by atoms with E-state index in [9.17, 15) is 4.79 Å². The van der Waals surface area contributed by atoms with Crippen molar-refractivity contribution in [1.82, 2.24) is 0 Å². The van der Waals surface area contributed by atoms with Gasteiger partial charge in [0, 0.05) is 0 Å². The van der Waals surface area contributed by atoms with Crippen LogP contribution in [0.2, 0.25) is 0 Å². The third-order valence-corrected chi connectivity index (χ3v) is 4.96. The summed E-state index contributed by atoms with van der Waals surface area (Å²) in [6.45, 7) is 10.8. The van der Waals surface area contributed by atoms with Crippen LogP contribution in [0.4, 0.5) is 0 Å². The standard InChI is InChI=1S/C19H28O2/c1-12(2)17-9-6-13(3)10-18(17)21-19(20)16-8-7-14(4)15(5)11-16/h7-8,11-13,17-18H,6,9-10H2,1-5H3/t13-,17+,18-/m1/s1. The predicted octanol–water partition coefficient (Wildman–Crippen LogP) is 4.92. The molecule has 0 aromatic heterocycles. The molecule has 0 unspecified atom stereocenters. The minimum absolute atomic E-state index is 0.0721. The molecule has 116 valence electrons. The van der Waals surface area contributed by atoms with Gasteiger partial charge < -0.3 is 4.74 Å². The summed E-state index contributed by atoms with van der Waals surface area (Å²) >= 11 is 0. The van der Waals surface area contributed by atoms with Crippen LogP contribution < -0.4 is 0 Å². The summed E-state index contributed by atoms with van der Waals surface area (Å²) in [5.41, 5.74) is 3.03. The summed E-state index contributed by atoms with van der Waals surface area (Å²) < 4.78 is 5.88. The molecule has 0 aliphatic heterocycles. The summed E-state index contributed by atoms with van der Waals surface area (Å²) in [7, 11) is 0. The molecular formula is C19H28O2. The van der Waals surface area contributed by atoms with E-state index in [0.29, 0.717) is 23.3 Å². The molecule has 0 N–H and O–H groups in total. The van der Waals surface area contributed by atoms with E-state index in [1.54, 1.807) is 0 Å². The van der Waals surface area contributed by atoms with E-state index in [0.717, 1.165) is 12.0 Å². The highest BCUT2D eigenvalue weighted by atomic mass is 16.5. The van der Waals surface area contributed by atoms with Crippen molar-refractivity contribution in [3.05, 3.63) is 34.9 Å². The van der Waals surface area contributed by atoms with Gasteiger partial charge in [0.1, 0.15) is 6.10 Å². The fourth-order valence-electron chi connectivity index (χ4n) is 3.32. The zero-order valence-electron chi connectivity index (χ0n) is 14.0. The molecule has 2 nitrogen and oxygen atoms in total. The highest BCUT2D eigenvalue weighted by molar-refractivity contribution is 5.89. The van der Waals surface area contributed by atoms with E-state index >= 15 is 0 Å². The summed E-state index contributed by atoms with van der Waals surface area (Å²) in [6.07, 6.45) is 3.49. The van der Waals surface area contributed by atoms with Crippen molar-refractivity contribution in [3.8, 4) is 0 Å². The predicted molar refractivity (Wildman–Crippen MR) is 86.5 cm³/mol. The molecule has 3 atom stereocenters. The first-order chi connectivity index (χ1) is 9.88. The van der Waals surface area contributed by atoms with Crippen molar-refractivity contribution in [3.63, 3.8) is 0 Å². The number of rotatable bonds is 3. The largest absolute Gasteiger partial charge is 0.458 e. The first-order valence-corrected chi connectivity index (χ1v) is 8.16. The SMILES string of the molecule is Cc1ccc(C(=O)O[C@@H]2C[C@H](C)CC[C@H]2C(C)C)cc1C. The van der Waals surface area contributed by atoms with E-state index in [1.807, 2.05) is 25.1 Å². The summed E-state index contributed by atoms with van der Waals surface area (Å²) in [5, 5.41) is 0. The van der Waals surface area contributed by atoms with Gasteiger partial charge in [-0.15, -0.1) is 0 Å². The van der Waals surface area contributed by atoms with Crippen molar-refractivity contribution in [2.75, 3.05) is 0 Å². The monoisotopic (exact) mass is 288 g/mol. The Labute approximate surface area is 128 Å². The molecule has 1 aliphatic carbocycles. The van der Waals surface area contributed by atoms with Crippen LogP contribution in [-0.2, 0) is 4.74 Å². The van der Waals surface area contributed by atoms with Crippen LogP contribution >= 0.6 is 0 Å². The molecule has 1 aromatic rings. The number of hydrogen-bond acceptors (Lipinski definition) is 2. The van der Waals surface area contributed by atoms with Crippen LogP contribution in [-0.4, -0.2) is 12.1 Å². The van der Waals surface area contributed by atoms with Crippen molar-refractivity contribution in [2.24, 2.45) is 17.8 Å². The lowest BCUT2D eigenvalue weighted by Gasteiger charge is -2.36. The number of carbonyl (C=O) groups is 1. The van der Waals surface area contributed by atoms with E-state index in [4.69, 9.17) is 4.74 Å². The lowest BCUT2D eigenvalue weighted by molar-refractivity contribution is -0.0174. The third-order valence-electron chi connectivity index (χ3n) is 4.96. The molecule has 0 saturated heterocycles. The van der Waals surface area contributed by atoms with Crippen molar-refractivity contribution < 1.29 is 9.53 Å². The maximum absolute atomic E-state index is 12.4. The van der Waals surface area contributed by atoms with Crippen LogP contribution in [0.15, 0.2) is 18.2 Å². The molecule has 1 aromatic carbocycles. The minimum atomic E-state index is -0.164. The Morgan fingerprint density at radius 1 is 1.19 bits per heavy atom. The number of aryl methyl sites for hydroxylation is 2. The molecular weight excluding hydrogens is 260 g/mol. The van der Waals surface area contributed by atoms with Gasteiger partial charge in [-0.1, -0.05) is 33.3 Å². The molecule has 2 rings (SSSR count). The second-order valence-electron chi connectivity index (χ2n) is 7.07. The van der Waals surface area contributed by atoms with Crippen LogP contribution in [0.1, 0.15) is 61.5 Å². The number of benzene rings is 1. The normalized spacial score (nSPS) is 25.9. The van der Waals surface area contributed by atoms with Gasteiger partial charge in [0.05, 0.1) is 5.56 Å². The molecule has 0 amide bonds. The fourth-order valence-corrected chi connectivity index (χ4v) is 3.32. The molecule has 0 bridgehead atoms. The molecule has 1 fully saturated rings. The van der Waals surface area contributed by atoms with Crippen molar-refractivity contribution in [1.29, 1.82) is 0 Å². The second kappa shape index (κ2) is 6.64. The Morgan fingerprint density at radius 2 is 1.90 bits per heavy atom. The Bertz CT molecular complexity index is 504. The highest BCUT2D eigenvalue weighted by Crippen LogP contribution is 2.35. The average Bonchev–Trinajstić information content (AvgIpc) is 2.41. The molecule has 21 heavy (non-hydrogen) atoms. The van der Waals surface area contributed by atoms with Crippen molar-refractivity contribution >= 4 is 5.97 Å². The number of hydrogen-bond donors (Lipinski definition) is 0. The van der Waals surface area contributed by atoms with Gasteiger partial charge in [0.15, 0.2) is 0 Å². The molecule has 1 saturated carbocycles. The maximum Gasteiger partial charge on any atom is 0.338 e. The van der Waals surface area contributed by atoms with Gasteiger partial charge in [-0.2, -0.15) is 0 Å². The fraction of sp³-hybridized carbons (Fsp3) is 0.632. The molecule has 0 heterocycles. The first-order valence-electron chi connectivity index (χ1n) is 8.16. The average molecular weight is 288 g/mol. The van der Waals surface area contributed by atoms with E-state index in [-0.39, 0.29) is 12.1 Å². The highest BCUT2D eigenvalue weighted by Gasteiger charge is 2.33. The molecule has 1 aliphatic rings. The Balaban J connectivity index is 2.10. The van der Waals surface area contributed by atoms with E-state index in [2.05, 4.69) is 27.7 Å². The van der Waals surface area contributed by atoms with Gasteiger partial charge in [-0.05, 0) is 67.7 Å². The zero-order valence-corrected chi connectivity index (χ0v) is 14.0. The quantitative estimate of drug-likeness (QED) is 0.738. The van der Waals surface area contributed by atoms with Crippen LogP contribution in [0.5, 0.6) is 0 Å². The summed E-state index contributed by atoms with van der Waals surface area (Å²) in [4.78, 5) is 12.4. The second-order valence-corrected chi connectivity index (χ2v) is 7.07.